The van der Waals surface area contributed by atoms with Crippen LogP contribution in [0.5, 0.6) is 0 Å². The van der Waals surface area contributed by atoms with Crippen molar-refractivity contribution in [3.63, 3.8) is 0 Å². The molecule has 0 atom stereocenters. The van der Waals surface area contributed by atoms with Crippen molar-refractivity contribution in [3.05, 3.63) is 35.4 Å². The number of carboxylic acids is 1. The van der Waals surface area contributed by atoms with Gasteiger partial charge in [-0.25, -0.2) is 5.43 Å². The molecule has 0 radical (unpaired) electrons. The molecular weight excluding hydrogens is 290 g/mol. The van der Waals surface area contributed by atoms with Crippen LogP contribution in [0, 0.1) is 0 Å². The van der Waals surface area contributed by atoms with Gasteiger partial charge in [-0.2, -0.15) is 5.10 Å². The average molecular weight is 306 g/mol. The van der Waals surface area contributed by atoms with Gasteiger partial charge < -0.3 is 20.0 Å². The molecule has 0 heterocycles. The number of rotatable bonds is 8. The molecule has 1 aromatic carbocycles. The second kappa shape index (κ2) is 9.24. The molecule has 1 rings (SSSR count). The molecule has 2 N–H and O–H groups in total. The smallest absolute Gasteiger partial charge is 0.249 e. The largest absolute Gasteiger partial charge is 0.545 e. The monoisotopic (exact) mass is 306 g/mol. The normalized spacial score (nSPS) is 10.4. The van der Waals surface area contributed by atoms with Gasteiger partial charge in [0, 0.05) is 24.8 Å². The van der Waals surface area contributed by atoms with Crippen LogP contribution in [0.4, 0.5) is 0 Å². The minimum absolute atomic E-state index is 0.0437. The SMILES string of the molecule is COCCNC(=O)CC(=O)N/N=C/c1ccccc1C(=O)[O-]. The summed E-state index contributed by atoms with van der Waals surface area (Å²) in [6.07, 6.45) is 0.787. The first-order valence-electron chi connectivity index (χ1n) is 6.42. The van der Waals surface area contributed by atoms with E-state index in [9.17, 15) is 19.5 Å². The van der Waals surface area contributed by atoms with Crippen LogP contribution >= 0.6 is 0 Å². The number of hydrogen-bond donors (Lipinski definition) is 2. The molecule has 0 aromatic heterocycles. The number of nitrogens with one attached hydrogen (secondary N) is 2. The summed E-state index contributed by atoms with van der Waals surface area (Å²) in [5.41, 5.74) is 2.38. The fourth-order valence-electron chi connectivity index (χ4n) is 1.51. The summed E-state index contributed by atoms with van der Waals surface area (Å²) in [6.45, 7) is 0.663. The molecule has 8 heteroatoms. The molecule has 0 unspecified atom stereocenters. The molecule has 0 fully saturated rings. The minimum atomic E-state index is -1.34. The first-order valence-corrected chi connectivity index (χ1v) is 6.42. The molecule has 0 aliphatic carbocycles. The van der Waals surface area contributed by atoms with E-state index in [2.05, 4.69) is 15.8 Å². The van der Waals surface area contributed by atoms with Crippen LogP contribution in [0.3, 0.4) is 0 Å². The van der Waals surface area contributed by atoms with Gasteiger partial charge in [0.1, 0.15) is 6.42 Å². The summed E-state index contributed by atoms with van der Waals surface area (Å²) in [7, 11) is 1.50. The lowest BCUT2D eigenvalue weighted by molar-refractivity contribution is -0.255. The predicted octanol–water partition coefficient (Wildman–Crippen LogP) is -1.35. The van der Waals surface area contributed by atoms with E-state index < -0.39 is 17.8 Å². The van der Waals surface area contributed by atoms with Crippen LogP contribution < -0.4 is 15.8 Å². The van der Waals surface area contributed by atoms with Gasteiger partial charge in [0.15, 0.2) is 0 Å². The number of ether oxygens (including phenoxy) is 1. The van der Waals surface area contributed by atoms with Crippen LogP contribution in [-0.2, 0) is 14.3 Å². The van der Waals surface area contributed by atoms with E-state index in [1.54, 1.807) is 12.1 Å². The van der Waals surface area contributed by atoms with Gasteiger partial charge in [-0.15, -0.1) is 0 Å². The molecule has 0 aliphatic rings. The van der Waals surface area contributed by atoms with Gasteiger partial charge in [0.25, 0.3) is 0 Å². The third-order valence-corrected chi connectivity index (χ3v) is 2.52. The van der Waals surface area contributed by atoms with Crippen molar-refractivity contribution in [2.75, 3.05) is 20.3 Å². The highest BCUT2D eigenvalue weighted by atomic mass is 16.5. The third-order valence-electron chi connectivity index (χ3n) is 2.52. The van der Waals surface area contributed by atoms with Crippen molar-refractivity contribution >= 4 is 24.0 Å². The topological polar surface area (TPSA) is 120 Å². The van der Waals surface area contributed by atoms with Crippen LogP contribution in [-0.4, -0.2) is 44.3 Å². The fraction of sp³-hybridized carbons (Fsp3) is 0.286. The molecule has 1 aromatic rings. The number of carbonyl (C=O) groups is 3. The second-order valence-corrected chi connectivity index (χ2v) is 4.19. The van der Waals surface area contributed by atoms with Crippen molar-refractivity contribution < 1.29 is 24.2 Å². The summed E-state index contributed by atoms with van der Waals surface area (Å²) < 4.78 is 4.75. The molecular formula is C14H16N3O5-. The number of aromatic carboxylic acids is 1. The van der Waals surface area contributed by atoms with Crippen molar-refractivity contribution in [2.45, 2.75) is 6.42 Å². The summed E-state index contributed by atoms with van der Waals surface area (Å²) in [5.74, 6) is -2.41. The van der Waals surface area contributed by atoms with Gasteiger partial charge in [0.2, 0.25) is 11.8 Å². The van der Waals surface area contributed by atoms with E-state index in [-0.39, 0.29) is 17.5 Å². The van der Waals surface area contributed by atoms with Crippen LogP contribution in [0.15, 0.2) is 29.4 Å². The fourth-order valence-corrected chi connectivity index (χ4v) is 1.51. The van der Waals surface area contributed by atoms with Crippen molar-refractivity contribution in [2.24, 2.45) is 5.10 Å². The van der Waals surface area contributed by atoms with E-state index >= 15 is 0 Å². The Morgan fingerprint density at radius 2 is 2.00 bits per heavy atom. The summed E-state index contributed by atoms with van der Waals surface area (Å²) >= 11 is 0. The first-order chi connectivity index (χ1) is 10.5. The Labute approximate surface area is 127 Å². The van der Waals surface area contributed by atoms with Crippen LogP contribution in [0.25, 0.3) is 0 Å². The van der Waals surface area contributed by atoms with Crippen LogP contribution in [0.1, 0.15) is 22.3 Å². The molecule has 0 aliphatic heterocycles. The average Bonchev–Trinajstić information content (AvgIpc) is 2.47. The molecule has 118 valence electrons. The number of nitrogens with zero attached hydrogens (tertiary/aromatic N) is 1. The standard InChI is InChI=1S/C14H17N3O5/c1-22-7-6-15-12(18)8-13(19)17-16-9-10-4-2-3-5-11(10)14(20)21/h2-5,9H,6-8H2,1H3,(H,15,18)(H,17,19)(H,20,21)/p-1/b16-9+. The van der Waals surface area contributed by atoms with Crippen molar-refractivity contribution in [3.8, 4) is 0 Å². The highest BCUT2D eigenvalue weighted by molar-refractivity contribution is 5.99. The Bertz CT molecular complexity index is 571. The quantitative estimate of drug-likeness (QED) is 0.266. The lowest BCUT2D eigenvalue weighted by atomic mass is 10.1. The molecule has 0 saturated carbocycles. The molecule has 0 saturated heterocycles. The lowest BCUT2D eigenvalue weighted by Crippen LogP contribution is -2.31. The third kappa shape index (κ3) is 6.14. The van der Waals surface area contributed by atoms with Gasteiger partial charge in [0.05, 0.1) is 18.8 Å². The molecule has 8 nitrogen and oxygen atoms in total. The van der Waals surface area contributed by atoms with Gasteiger partial charge in [-0.1, -0.05) is 24.3 Å². The van der Waals surface area contributed by atoms with Crippen molar-refractivity contribution in [1.29, 1.82) is 0 Å². The zero-order valence-corrected chi connectivity index (χ0v) is 12.0. The Morgan fingerprint density at radius 1 is 1.27 bits per heavy atom. The van der Waals surface area contributed by atoms with E-state index in [0.29, 0.717) is 13.2 Å². The maximum absolute atomic E-state index is 11.4. The van der Waals surface area contributed by atoms with E-state index in [4.69, 9.17) is 4.74 Å². The minimum Gasteiger partial charge on any atom is -0.545 e. The summed E-state index contributed by atoms with van der Waals surface area (Å²) in [6, 6.07) is 6.05. The highest BCUT2D eigenvalue weighted by Gasteiger charge is 2.07. The lowest BCUT2D eigenvalue weighted by Gasteiger charge is -2.06. The number of hydrogen-bond acceptors (Lipinski definition) is 6. The zero-order chi connectivity index (χ0) is 16.4. The Balaban J connectivity index is 2.47. The van der Waals surface area contributed by atoms with E-state index in [0.717, 1.165) is 0 Å². The Kier molecular flexibility index (Phi) is 7.27. The number of methoxy groups -OCH3 is 1. The molecule has 0 bridgehead atoms. The Morgan fingerprint density at radius 3 is 2.68 bits per heavy atom. The van der Waals surface area contributed by atoms with Crippen LogP contribution in [0.2, 0.25) is 0 Å². The highest BCUT2D eigenvalue weighted by Crippen LogP contribution is 2.04. The van der Waals surface area contributed by atoms with Gasteiger partial charge in [-0.05, 0) is 0 Å². The summed E-state index contributed by atoms with van der Waals surface area (Å²) in [4.78, 5) is 33.7. The van der Waals surface area contributed by atoms with E-state index in [1.165, 1.54) is 25.5 Å². The number of carbonyl (C=O) groups excluding carboxylic acids is 3. The zero-order valence-electron chi connectivity index (χ0n) is 12.0. The number of benzene rings is 1. The van der Waals surface area contributed by atoms with Crippen molar-refractivity contribution in [1.82, 2.24) is 10.7 Å². The molecule has 2 amide bonds. The number of hydrazone groups is 1. The molecule has 0 spiro atoms. The molecule has 22 heavy (non-hydrogen) atoms. The summed E-state index contributed by atoms with van der Waals surface area (Å²) in [5, 5.41) is 17.0. The van der Waals surface area contributed by atoms with E-state index in [1.807, 2.05) is 0 Å². The number of carboxylic acid groups (broad SMARTS) is 1. The maximum Gasteiger partial charge on any atom is 0.249 e. The van der Waals surface area contributed by atoms with Gasteiger partial charge in [-0.3, -0.25) is 9.59 Å². The maximum atomic E-state index is 11.4. The second-order valence-electron chi connectivity index (χ2n) is 4.19. The number of amides is 2. The van der Waals surface area contributed by atoms with Gasteiger partial charge >= 0.3 is 0 Å². The Hall–Kier alpha value is -2.74. The first kappa shape index (κ1) is 17.3. The predicted molar refractivity (Wildman–Crippen MR) is 76.0 cm³/mol.